The molecular weight excluding hydrogens is 445 g/mol. The zero-order valence-electron chi connectivity index (χ0n) is 15.3. The molecule has 3 nitrogen and oxygen atoms in total. The monoisotopic (exact) mass is 463 g/mol. The summed E-state index contributed by atoms with van der Waals surface area (Å²) >= 11 is 16.5. The van der Waals surface area contributed by atoms with E-state index >= 15 is 0 Å². The van der Waals surface area contributed by atoms with Crippen LogP contribution in [-0.4, -0.2) is 22.6 Å². The maximum atomic E-state index is 6.54. The second kappa shape index (κ2) is 7.31. The summed E-state index contributed by atoms with van der Waals surface area (Å²) in [5.41, 5.74) is 4.96. The summed E-state index contributed by atoms with van der Waals surface area (Å²) in [6, 6.07) is 5.88. The average Bonchev–Trinajstić information content (AvgIpc) is 2.90. The third-order valence-electron chi connectivity index (χ3n) is 5.16. The molecule has 140 valence electrons. The van der Waals surface area contributed by atoms with Crippen molar-refractivity contribution in [1.29, 1.82) is 0 Å². The third-order valence-corrected chi connectivity index (χ3v) is 6.19. The fourth-order valence-corrected chi connectivity index (χ4v) is 5.23. The first-order valence-corrected chi connectivity index (χ1v) is 10.5. The van der Waals surface area contributed by atoms with Gasteiger partial charge in [0.05, 0.1) is 15.7 Å². The van der Waals surface area contributed by atoms with Gasteiger partial charge in [0.25, 0.3) is 0 Å². The van der Waals surface area contributed by atoms with Crippen molar-refractivity contribution in [3.8, 4) is 5.69 Å². The summed E-state index contributed by atoms with van der Waals surface area (Å²) in [6.45, 7) is 12.2. The van der Waals surface area contributed by atoms with Crippen molar-refractivity contribution in [1.82, 2.24) is 9.55 Å². The molecule has 1 aliphatic heterocycles. The minimum absolute atomic E-state index is 0.297. The highest BCUT2D eigenvalue weighted by Gasteiger charge is 2.23. The molecule has 27 heavy (non-hydrogen) atoms. The van der Waals surface area contributed by atoms with Gasteiger partial charge in [0.2, 0.25) is 0 Å². The van der Waals surface area contributed by atoms with Gasteiger partial charge in [-0.25, -0.2) is 4.98 Å². The highest BCUT2D eigenvalue weighted by atomic mass is 79.9. The molecule has 0 aliphatic carbocycles. The summed E-state index contributed by atoms with van der Waals surface area (Å²) in [5, 5.41) is 2.31. The van der Waals surface area contributed by atoms with E-state index in [0.29, 0.717) is 16.0 Å². The second-order valence-electron chi connectivity index (χ2n) is 7.21. The predicted molar refractivity (Wildman–Crippen MR) is 118 cm³/mol. The molecule has 2 radical (unpaired) electrons. The summed E-state index contributed by atoms with van der Waals surface area (Å²) in [6.07, 6.45) is 4.08. The lowest BCUT2D eigenvalue weighted by atomic mass is 9.98. The maximum absolute atomic E-state index is 6.54. The van der Waals surface area contributed by atoms with E-state index in [0.717, 1.165) is 58.4 Å². The maximum Gasteiger partial charge on any atom is 0.147 e. The Hall–Kier alpha value is -1.23. The van der Waals surface area contributed by atoms with Crippen LogP contribution in [-0.2, 0) is 0 Å². The van der Waals surface area contributed by atoms with Gasteiger partial charge in [-0.2, -0.15) is 0 Å². The number of pyridine rings is 1. The minimum atomic E-state index is 0.297. The van der Waals surface area contributed by atoms with Crippen molar-refractivity contribution in [2.45, 2.75) is 26.7 Å². The zero-order chi connectivity index (χ0) is 19.3. The van der Waals surface area contributed by atoms with Gasteiger partial charge in [0.15, 0.2) is 0 Å². The Bertz CT molecular complexity index is 997. The van der Waals surface area contributed by atoms with Gasteiger partial charge in [-0.15, -0.1) is 0 Å². The molecule has 2 aromatic heterocycles. The number of hydrogen-bond acceptors (Lipinski definition) is 2. The molecule has 4 rings (SSSR count). The molecule has 0 bridgehead atoms. The first kappa shape index (κ1) is 19.1. The number of benzene rings is 1. The van der Waals surface area contributed by atoms with E-state index in [1.54, 1.807) is 0 Å². The number of hydrogen-bond donors (Lipinski definition) is 0. The van der Waals surface area contributed by atoms with Crippen molar-refractivity contribution in [3.63, 3.8) is 0 Å². The minimum Gasteiger partial charge on any atom is -0.371 e. The summed E-state index contributed by atoms with van der Waals surface area (Å²) < 4.78 is 2.86. The van der Waals surface area contributed by atoms with Crippen LogP contribution < -0.4 is 4.90 Å². The first-order valence-electron chi connectivity index (χ1n) is 9.00. The van der Waals surface area contributed by atoms with E-state index in [-0.39, 0.29) is 0 Å². The van der Waals surface area contributed by atoms with Gasteiger partial charge in [-0.1, -0.05) is 39.1 Å². The highest BCUT2D eigenvalue weighted by molar-refractivity contribution is 9.10. The molecule has 0 spiro atoms. The van der Waals surface area contributed by atoms with Crippen molar-refractivity contribution in [2.24, 2.45) is 5.92 Å². The van der Waals surface area contributed by atoms with Gasteiger partial charge in [-0.3, -0.25) is 4.57 Å². The Labute approximate surface area is 178 Å². The van der Waals surface area contributed by atoms with E-state index in [9.17, 15) is 0 Å². The number of fused-ring (bicyclic) bond motifs is 1. The number of aromatic nitrogens is 2. The van der Waals surface area contributed by atoms with Crippen LogP contribution >= 0.6 is 39.1 Å². The van der Waals surface area contributed by atoms with Crippen molar-refractivity contribution < 1.29 is 0 Å². The molecule has 0 amide bonds. The lowest BCUT2D eigenvalue weighted by Gasteiger charge is -2.32. The smallest absolute Gasteiger partial charge is 0.147 e. The predicted octanol–water partition coefficient (Wildman–Crippen LogP) is 6.64. The Balaban J connectivity index is 1.93. The van der Waals surface area contributed by atoms with Crippen LogP contribution in [0.25, 0.3) is 16.7 Å². The van der Waals surface area contributed by atoms with Crippen LogP contribution in [0.5, 0.6) is 0 Å². The molecule has 1 aliphatic rings. The van der Waals surface area contributed by atoms with Crippen molar-refractivity contribution in [2.75, 3.05) is 18.0 Å². The Kier molecular flexibility index (Phi) is 5.17. The summed E-state index contributed by atoms with van der Waals surface area (Å²) in [5.74, 6) is 0.297. The van der Waals surface area contributed by atoms with Crippen LogP contribution in [0.2, 0.25) is 10.0 Å². The number of piperidine rings is 1. The van der Waals surface area contributed by atoms with Gasteiger partial charge in [0.1, 0.15) is 5.65 Å². The topological polar surface area (TPSA) is 21.1 Å². The van der Waals surface area contributed by atoms with E-state index in [4.69, 9.17) is 35.1 Å². The molecule has 0 N–H and O–H groups in total. The van der Waals surface area contributed by atoms with Gasteiger partial charge < -0.3 is 4.90 Å². The van der Waals surface area contributed by atoms with Crippen molar-refractivity contribution >= 4 is 55.9 Å². The quantitative estimate of drug-likeness (QED) is 0.423. The normalized spacial score (nSPS) is 15.7. The molecule has 1 aromatic carbocycles. The van der Waals surface area contributed by atoms with Crippen LogP contribution in [0, 0.1) is 26.7 Å². The summed E-state index contributed by atoms with van der Waals surface area (Å²) in [7, 11) is 0. The average molecular weight is 465 g/mol. The fraction of sp³-hybridized carbons (Fsp3) is 0.333. The van der Waals surface area contributed by atoms with Crippen LogP contribution in [0.1, 0.15) is 24.1 Å². The van der Waals surface area contributed by atoms with E-state index in [1.165, 1.54) is 5.69 Å². The Morgan fingerprint density at radius 1 is 1.11 bits per heavy atom. The molecule has 6 heteroatoms. The highest BCUT2D eigenvalue weighted by Crippen LogP contribution is 2.38. The van der Waals surface area contributed by atoms with Crippen LogP contribution in [0.4, 0.5) is 5.69 Å². The number of nitrogens with zero attached hydrogens (tertiary/aromatic N) is 3. The third kappa shape index (κ3) is 3.48. The number of rotatable bonds is 2. The molecule has 1 saturated heterocycles. The molecule has 0 saturated carbocycles. The molecule has 0 atom stereocenters. The molecule has 3 heterocycles. The zero-order valence-corrected chi connectivity index (χ0v) is 18.4. The molecule has 1 fully saturated rings. The van der Waals surface area contributed by atoms with E-state index < -0.39 is 0 Å². The standard InChI is InChI=1S/C21H20BrCl2N3/c1-12-4-6-26(7-5-12)18-8-14(3)25-21-19(18)13(2)11-27(21)20-16(23)9-15(22)10-17(20)24/h1,8-12H,4-7H2,2-3H3. The van der Waals surface area contributed by atoms with Crippen LogP contribution in [0.3, 0.4) is 0 Å². The number of anilines is 1. The molecule has 3 aromatic rings. The largest absolute Gasteiger partial charge is 0.371 e. The SMILES string of the molecule is [CH]C1CCN(c2cc(C)nc3c2c(C)cn3-c2c(Cl)cc(Br)cc2Cl)CC1. The fourth-order valence-electron chi connectivity index (χ4n) is 3.84. The van der Waals surface area contributed by atoms with Gasteiger partial charge in [-0.05, 0) is 63.3 Å². The lowest BCUT2D eigenvalue weighted by molar-refractivity contribution is 0.476. The lowest BCUT2D eigenvalue weighted by Crippen LogP contribution is -2.33. The number of halogens is 3. The second-order valence-corrected chi connectivity index (χ2v) is 8.94. The number of aryl methyl sites for hydroxylation is 2. The summed E-state index contributed by atoms with van der Waals surface area (Å²) in [4.78, 5) is 7.25. The van der Waals surface area contributed by atoms with E-state index in [2.05, 4.69) is 40.0 Å². The first-order chi connectivity index (χ1) is 12.8. The Morgan fingerprint density at radius 2 is 1.74 bits per heavy atom. The van der Waals surface area contributed by atoms with Gasteiger partial charge >= 0.3 is 0 Å². The van der Waals surface area contributed by atoms with E-state index in [1.807, 2.05) is 23.6 Å². The van der Waals surface area contributed by atoms with Crippen molar-refractivity contribution in [3.05, 3.63) is 57.1 Å². The Morgan fingerprint density at radius 3 is 2.37 bits per heavy atom. The molecule has 0 unspecified atom stereocenters. The van der Waals surface area contributed by atoms with Crippen LogP contribution in [0.15, 0.2) is 28.9 Å². The molecular formula is C21H20BrCl2N3. The van der Waals surface area contributed by atoms with Gasteiger partial charge in [0, 0.05) is 40.5 Å².